The minimum Gasteiger partial charge on any atom is -0.435 e. The minimum absolute atomic E-state index is 0.0775. The minimum atomic E-state index is -4.77. The predicted octanol–water partition coefficient (Wildman–Crippen LogP) is 5.71. The van der Waals surface area contributed by atoms with Gasteiger partial charge in [0.2, 0.25) is 6.29 Å². The van der Waals surface area contributed by atoms with Crippen LogP contribution >= 0.6 is 0 Å². The van der Waals surface area contributed by atoms with Crippen molar-refractivity contribution in [3.8, 4) is 5.75 Å². The number of carbonyl (C=O) groups excluding carboxylic acids is 2. The van der Waals surface area contributed by atoms with E-state index in [1.165, 1.54) is 0 Å². The van der Waals surface area contributed by atoms with E-state index in [2.05, 4.69) is 6.92 Å². The zero-order valence-electron chi connectivity index (χ0n) is 23.5. The summed E-state index contributed by atoms with van der Waals surface area (Å²) in [6.07, 6.45) is -2.06. The molecule has 5 fully saturated rings. The predicted molar refractivity (Wildman–Crippen MR) is 139 cm³/mol. The summed E-state index contributed by atoms with van der Waals surface area (Å²) in [7, 11) is 0. The summed E-state index contributed by atoms with van der Waals surface area (Å²) in [4.78, 5) is 49.1. The summed E-state index contributed by atoms with van der Waals surface area (Å²) in [5.41, 5.74) is -3.78. The van der Waals surface area contributed by atoms with Gasteiger partial charge in [-0.15, -0.1) is 0 Å². The first-order valence-electron chi connectivity index (χ1n) is 14.4. The Balaban J connectivity index is 1.09. The monoisotopic (exact) mass is 594 g/mol. The number of hydrogen-bond donors (Lipinski definition) is 0. The standard InChI is InChI=1S/C30H33F3O9/c1-15-4-7-20-16(2)27(39-23-14-28(3)11-10-19(15)29(20,23)42-41-28)40-25(35)9-8-24(34)37-17-5-6-18-21(30(31,32)33)13-26(36)38-22(18)12-17/h5-6,12-13,15-16,19-20,23,27H,4,7-11,14H2,1-3H3/t15-,16-,19+,20+,23-,27+,28+,29-/m1/s1. The highest BCUT2D eigenvalue weighted by Gasteiger charge is 2.68. The maximum absolute atomic E-state index is 13.3. The highest BCUT2D eigenvalue weighted by atomic mass is 19.4. The SMILES string of the molecule is C[C@H]1[C@H](OC(=O)CCC(=O)Oc2ccc3c(C(F)(F)F)cc(=O)oc3c2)O[C@@H]2C[C@]3(C)CC[C@H]4[C@H](C)CC[C@@H]1[C@@]24OO3. The van der Waals surface area contributed by atoms with Gasteiger partial charge in [-0.2, -0.15) is 13.2 Å². The van der Waals surface area contributed by atoms with Gasteiger partial charge in [-0.25, -0.2) is 14.6 Å². The lowest BCUT2D eigenvalue weighted by molar-refractivity contribution is -0.494. The third-order valence-corrected chi connectivity index (χ3v) is 9.67. The lowest BCUT2D eigenvalue weighted by Gasteiger charge is -2.60. The number of alkyl halides is 3. The van der Waals surface area contributed by atoms with Crippen molar-refractivity contribution in [3.63, 3.8) is 0 Å². The number of fused-ring (bicyclic) bond motifs is 3. The first kappa shape index (κ1) is 29.1. The summed E-state index contributed by atoms with van der Waals surface area (Å²) in [6.45, 7) is 6.25. The molecule has 3 saturated heterocycles. The molecule has 4 heterocycles. The van der Waals surface area contributed by atoms with Crippen LogP contribution in [0.5, 0.6) is 5.75 Å². The van der Waals surface area contributed by atoms with Crippen LogP contribution in [0.15, 0.2) is 33.5 Å². The van der Waals surface area contributed by atoms with E-state index >= 15 is 0 Å². The molecule has 2 bridgehead atoms. The summed E-state index contributed by atoms with van der Waals surface area (Å²) in [5.74, 6) is -0.914. The van der Waals surface area contributed by atoms with Gasteiger partial charge >= 0.3 is 23.7 Å². The lowest BCUT2D eigenvalue weighted by Crippen LogP contribution is -2.69. The van der Waals surface area contributed by atoms with Crippen LogP contribution in [0.1, 0.15) is 71.3 Å². The molecule has 0 radical (unpaired) electrons. The van der Waals surface area contributed by atoms with Crippen molar-refractivity contribution in [2.45, 2.75) is 95.5 Å². The Kier molecular flexibility index (Phi) is 7.17. The molecule has 3 aliphatic heterocycles. The maximum Gasteiger partial charge on any atom is 0.417 e. The van der Waals surface area contributed by atoms with E-state index in [9.17, 15) is 27.6 Å². The first-order chi connectivity index (χ1) is 19.8. The molecule has 5 aliphatic rings. The third kappa shape index (κ3) is 5.01. The van der Waals surface area contributed by atoms with Gasteiger partial charge in [0, 0.05) is 35.8 Å². The maximum atomic E-state index is 13.3. The molecular weight excluding hydrogens is 561 g/mol. The Morgan fingerprint density at radius 1 is 1.02 bits per heavy atom. The number of benzene rings is 1. The van der Waals surface area contributed by atoms with E-state index in [1.54, 1.807) is 0 Å². The Morgan fingerprint density at radius 2 is 1.79 bits per heavy atom. The molecular formula is C30H33F3O9. The second-order valence-corrected chi connectivity index (χ2v) is 12.4. The van der Waals surface area contributed by atoms with Gasteiger partial charge < -0.3 is 18.6 Å². The largest absolute Gasteiger partial charge is 0.435 e. The van der Waals surface area contributed by atoms with Crippen molar-refractivity contribution in [1.29, 1.82) is 0 Å². The molecule has 0 unspecified atom stereocenters. The molecule has 2 aromatic rings. The summed E-state index contributed by atoms with van der Waals surface area (Å²) >= 11 is 0. The van der Waals surface area contributed by atoms with E-state index in [-0.39, 0.29) is 53.4 Å². The summed E-state index contributed by atoms with van der Waals surface area (Å²) in [6, 6.07) is 3.61. The molecule has 0 N–H and O–H groups in total. The molecule has 1 spiro atoms. The van der Waals surface area contributed by atoms with Crippen molar-refractivity contribution in [3.05, 3.63) is 40.2 Å². The number of rotatable bonds is 5. The van der Waals surface area contributed by atoms with Gasteiger partial charge in [0.15, 0.2) is 0 Å². The first-order valence-corrected chi connectivity index (χ1v) is 14.4. The van der Waals surface area contributed by atoms with Crippen LogP contribution in [0.25, 0.3) is 11.0 Å². The number of hydrogen-bond acceptors (Lipinski definition) is 9. The molecule has 1 aromatic carbocycles. The second kappa shape index (κ2) is 10.3. The molecule has 42 heavy (non-hydrogen) atoms. The molecule has 12 heteroatoms. The van der Waals surface area contributed by atoms with Crippen molar-refractivity contribution >= 4 is 22.9 Å². The molecule has 1 aromatic heterocycles. The lowest BCUT2D eigenvalue weighted by atomic mass is 9.56. The fourth-order valence-electron chi connectivity index (χ4n) is 7.57. The van der Waals surface area contributed by atoms with Gasteiger partial charge in [0.25, 0.3) is 0 Å². The fourth-order valence-corrected chi connectivity index (χ4v) is 7.57. The highest BCUT2D eigenvalue weighted by Crippen LogP contribution is 2.61. The Morgan fingerprint density at radius 3 is 2.55 bits per heavy atom. The van der Waals surface area contributed by atoms with Crippen LogP contribution in [0.3, 0.4) is 0 Å². The molecule has 9 nitrogen and oxygen atoms in total. The van der Waals surface area contributed by atoms with Crippen LogP contribution in [0.4, 0.5) is 13.2 Å². The van der Waals surface area contributed by atoms with Gasteiger partial charge in [-0.1, -0.05) is 13.8 Å². The normalized spacial score (nSPS) is 35.8. The molecule has 8 atom stereocenters. The second-order valence-electron chi connectivity index (χ2n) is 12.4. The summed E-state index contributed by atoms with van der Waals surface area (Å²) in [5, 5.41) is -0.347. The zero-order valence-corrected chi connectivity index (χ0v) is 23.5. The average Bonchev–Trinajstić information content (AvgIpc) is 3.15. The number of carbonyl (C=O) groups is 2. The van der Waals surface area contributed by atoms with Gasteiger partial charge in [0.05, 0.1) is 24.5 Å². The van der Waals surface area contributed by atoms with Crippen LogP contribution in [0.2, 0.25) is 0 Å². The number of esters is 2. The van der Waals surface area contributed by atoms with E-state index < -0.39 is 46.8 Å². The van der Waals surface area contributed by atoms with Crippen molar-refractivity contribution < 1.29 is 51.2 Å². The van der Waals surface area contributed by atoms with Gasteiger partial charge in [-0.3, -0.25) is 9.59 Å². The molecule has 7 rings (SSSR count). The zero-order chi connectivity index (χ0) is 30.0. The van der Waals surface area contributed by atoms with E-state index in [0.717, 1.165) is 43.9 Å². The van der Waals surface area contributed by atoms with Crippen LogP contribution < -0.4 is 10.4 Å². The van der Waals surface area contributed by atoms with Crippen LogP contribution in [-0.2, 0) is 35.0 Å². The molecule has 228 valence electrons. The van der Waals surface area contributed by atoms with E-state index in [1.807, 2.05) is 13.8 Å². The third-order valence-electron chi connectivity index (χ3n) is 9.67. The van der Waals surface area contributed by atoms with Crippen molar-refractivity contribution in [1.82, 2.24) is 0 Å². The fraction of sp³-hybridized carbons (Fsp3) is 0.633. The van der Waals surface area contributed by atoms with Crippen molar-refractivity contribution in [2.75, 3.05) is 0 Å². The number of halogens is 3. The Labute approximate surface area is 239 Å². The van der Waals surface area contributed by atoms with E-state index in [4.69, 9.17) is 28.4 Å². The van der Waals surface area contributed by atoms with Gasteiger partial charge in [-0.05, 0) is 56.6 Å². The van der Waals surface area contributed by atoms with Crippen LogP contribution in [0, 0.1) is 23.7 Å². The smallest absolute Gasteiger partial charge is 0.417 e. The molecule has 0 amide bonds. The average molecular weight is 595 g/mol. The van der Waals surface area contributed by atoms with Crippen LogP contribution in [-0.4, -0.2) is 35.5 Å². The van der Waals surface area contributed by atoms with Gasteiger partial charge in [0.1, 0.15) is 22.5 Å². The molecule has 2 saturated carbocycles. The topological polar surface area (TPSA) is 111 Å². The Hall–Kier alpha value is -2.96. The number of ether oxygens (including phenoxy) is 3. The highest BCUT2D eigenvalue weighted by molar-refractivity contribution is 5.84. The quantitative estimate of drug-likeness (QED) is 0.186. The Bertz CT molecular complexity index is 1450. The van der Waals surface area contributed by atoms with E-state index in [0.29, 0.717) is 18.4 Å². The summed E-state index contributed by atoms with van der Waals surface area (Å²) < 4.78 is 62.1. The molecule has 2 aliphatic carbocycles. The van der Waals surface area contributed by atoms with Crippen molar-refractivity contribution in [2.24, 2.45) is 23.7 Å².